The van der Waals surface area contributed by atoms with E-state index in [1.165, 1.54) is 0 Å². The highest BCUT2D eigenvalue weighted by molar-refractivity contribution is 6.10. The molecule has 0 aliphatic carbocycles. The van der Waals surface area contributed by atoms with Gasteiger partial charge < -0.3 is 10.6 Å². The SMILES string of the molecule is CCCNC(=O)NC(=O)CN1C(=O)N[C@](C)(c2ccc(C)cc2)C1=O. The summed E-state index contributed by atoms with van der Waals surface area (Å²) in [7, 11) is 0. The molecule has 8 heteroatoms. The average Bonchev–Trinajstić information content (AvgIpc) is 2.77. The Morgan fingerprint density at radius 2 is 1.84 bits per heavy atom. The summed E-state index contributed by atoms with van der Waals surface area (Å²) in [5, 5.41) is 7.19. The Balaban J connectivity index is 2.07. The summed E-state index contributed by atoms with van der Waals surface area (Å²) in [4.78, 5) is 49.0. The summed E-state index contributed by atoms with van der Waals surface area (Å²) in [5.74, 6) is -1.27. The van der Waals surface area contributed by atoms with Crippen molar-refractivity contribution in [1.82, 2.24) is 20.9 Å². The van der Waals surface area contributed by atoms with Crippen molar-refractivity contribution in [3.05, 3.63) is 35.4 Å². The van der Waals surface area contributed by atoms with Crippen LogP contribution in [0, 0.1) is 6.92 Å². The standard InChI is InChI=1S/C17H22N4O4/c1-4-9-18-15(24)19-13(22)10-21-14(23)17(3,20-16(21)25)12-7-5-11(2)6-8-12/h5-8H,4,9-10H2,1-3H3,(H,20,25)(H2,18,19,22,24)/t17-/m1/s1. The molecule has 1 aromatic carbocycles. The first kappa shape index (κ1) is 18.4. The van der Waals surface area contributed by atoms with Gasteiger partial charge in [0, 0.05) is 6.54 Å². The number of carbonyl (C=O) groups is 4. The summed E-state index contributed by atoms with van der Waals surface area (Å²) >= 11 is 0. The summed E-state index contributed by atoms with van der Waals surface area (Å²) in [5.41, 5.74) is 0.411. The Morgan fingerprint density at radius 1 is 1.20 bits per heavy atom. The van der Waals surface area contributed by atoms with E-state index in [9.17, 15) is 19.2 Å². The molecule has 1 heterocycles. The molecule has 134 valence electrons. The van der Waals surface area contributed by atoms with E-state index in [1.807, 2.05) is 26.0 Å². The van der Waals surface area contributed by atoms with Crippen molar-refractivity contribution in [2.75, 3.05) is 13.1 Å². The molecule has 0 unspecified atom stereocenters. The molecular weight excluding hydrogens is 324 g/mol. The highest BCUT2D eigenvalue weighted by Crippen LogP contribution is 2.28. The number of hydrogen-bond donors (Lipinski definition) is 3. The first-order valence-electron chi connectivity index (χ1n) is 8.07. The molecule has 0 radical (unpaired) electrons. The summed E-state index contributed by atoms with van der Waals surface area (Å²) in [6.07, 6.45) is 0.726. The second-order valence-corrected chi connectivity index (χ2v) is 6.12. The Bertz CT molecular complexity index is 701. The molecule has 2 rings (SSSR count). The van der Waals surface area contributed by atoms with Crippen LogP contribution in [0.5, 0.6) is 0 Å². The number of urea groups is 2. The summed E-state index contributed by atoms with van der Waals surface area (Å²) < 4.78 is 0. The number of hydrogen-bond acceptors (Lipinski definition) is 4. The maximum atomic E-state index is 12.7. The Labute approximate surface area is 145 Å². The highest BCUT2D eigenvalue weighted by atomic mass is 16.2. The maximum absolute atomic E-state index is 12.7. The minimum atomic E-state index is -1.24. The van der Waals surface area contributed by atoms with Gasteiger partial charge in [0.25, 0.3) is 5.91 Å². The third-order valence-electron chi connectivity index (χ3n) is 3.99. The quantitative estimate of drug-likeness (QED) is 0.691. The van der Waals surface area contributed by atoms with E-state index in [2.05, 4.69) is 16.0 Å². The minimum absolute atomic E-state index is 0.424. The van der Waals surface area contributed by atoms with Gasteiger partial charge in [0.2, 0.25) is 5.91 Å². The molecule has 0 spiro atoms. The van der Waals surface area contributed by atoms with Gasteiger partial charge in [-0.25, -0.2) is 9.59 Å². The lowest BCUT2D eigenvalue weighted by molar-refractivity contribution is -0.134. The monoisotopic (exact) mass is 346 g/mol. The topological polar surface area (TPSA) is 108 Å². The molecule has 25 heavy (non-hydrogen) atoms. The lowest BCUT2D eigenvalue weighted by atomic mass is 9.91. The zero-order chi connectivity index (χ0) is 18.6. The molecule has 0 bridgehead atoms. The molecule has 0 saturated carbocycles. The van der Waals surface area contributed by atoms with Crippen LogP contribution < -0.4 is 16.0 Å². The molecule has 1 saturated heterocycles. The summed E-state index contributed by atoms with van der Waals surface area (Å²) in [6, 6.07) is 5.88. The molecule has 6 amide bonds. The van der Waals surface area contributed by atoms with E-state index < -0.39 is 36.0 Å². The fourth-order valence-corrected chi connectivity index (χ4v) is 2.52. The number of aryl methyl sites for hydroxylation is 1. The van der Waals surface area contributed by atoms with Gasteiger partial charge in [0.15, 0.2) is 0 Å². The number of imide groups is 2. The van der Waals surface area contributed by atoms with Crippen molar-refractivity contribution in [2.45, 2.75) is 32.7 Å². The number of amides is 6. The lowest BCUT2D eigenvalue weighted by Gasteiger charge is -2.22. The predicted octanol–water partition coefficient (Wildman–Crippen LogP) is 0.998. The fourth-order valence-electron chi connectivity index (χ4n) is 2.52. The average molecular weight is 346 g/mol. The van der Waals surface area contributed by atoms with Crippen LogP contribution in [-0.4, -0.2) is 41.9 Å². The number of nitrogens with zero attached hydrogens (tertiary/aromatic N) is 1. The molecule has 0 aromatic heterocycles. The van der Waals surface area contributed by atoms with Crippen molar-refractivity contribution >= 4 is 23.9 Å². The molecular formula is C17H22N4O4. The number of rotatable bonds is 5. The second kappa shape index (κ2) is 7.33. The highest BCUT2D eigenvalue weighted by Gasteiger charge is 2.49. The third-order valence-corrected chi connectivity index (χ3v) is 3.99. The van der Waals surface area contributed by atoms with Crippen LogP contribution in [0.3, 0.4) is 0 Å². The normalized spacial score (nSPS) is 19.6. The van der Waals surface area contributed by atoms with Gasteiger partial charge in [0.1, 0.15) is 12.1 Å². The predicted molar refractivity (Wildman–Crippen MR) is 90.6 cm³/mol. The minimum Gasteiger partial charge on any atom is -0.338 e. The lowest BCUT2D eigenvalue weighted by Crippen LogP contribution is -2.47. The molecule has 1 aliphatic rings. The zero-order valence-corrected chi connectivity index (χ0v) is 14.5. The van der Waals surface area contributed by atoms with Crippen molar-refractivity contribution < 1.29 is 19.2 Å². The van der Waals surface area contributed by atoms with Crippen LogP contribution in [0.25, 0.3) is 0 Å². The van der Waals surface area contributed by atoms with Crippen LogP contribution >= 0.6 is 0 Å². The van der Waals surface area contributed by atoms with Gasteiger partial charge >= 0.3 is 12.1 Å². The third kappa shape index (κ3) is 3.96. The number of carbonyl (C=O) groups excluding carboxylic acids is 4. The van der Waals surface area contributed by atoms with Gasteiger partial charge in [-0.05, 0) is 25.8 Å². The van der Waals surface area contributed by atoms with E-state index in [0.717, 1.165) is 16.9 Å². The fraction of sp³-hybridized carbons (Fsp3) is 0.412. The first-order chi connectivity index (χ1) is 11.8. The van der Waals surface area contributed by atoms with E-state index in [4.69, 9.17) is 0 Å². The van der Waals surface area contributed by atoms with Gasteiger partial charge in [-0.15, -0.1) is 0 Å². The molecule has 3 N–H and O–H groups in total. The van der Waals surface area contributed by atoms with E-state index in [-0.39, 0.29) is 0 Å². The zero-order valence-electron chi connectivity index (χ0n) is 14.5. The molecule has 1 fully saturated rings. The van der Waals surface area contributed by atoms with E-state index >= 15 is 0 Å². The van der Waals surface area contributed by atoms with Gasteiger partial charge in [-0.2, -0.15) is 0 Å². The van der Waals surface area contributed by atoms with Crippen LogP contribution in [0.4, 0.5) is 9.59 Å². The van der Waals surface area contributed by atoms with Gasteiger partial charge in [-0.3, -0.25) is 19.8 Å². The Morgan fingerprint density at radius 3 is 2.44 bits per heavy atom. The van der Waals surface area contributed by atoms with E-state index in [0.29, 0.717) is 12.1 Å². The molecule has 1 atom stereocenters. The van der Waals surface area contributed by atoms with Gasteiger partial charge in [-0.1, -0.05) is 36.8 Å². The Hall–Kier alpha value is -2.90. The van der Waals surface area contributed by atoms with Crippen LogP contribution in [-0.2, 0) is 15.1 Å². The number of benzene rings is 1. The van der Waals surface area contributed by atoms with Crippen LogP contribution in [0.2, 0.25) is 0 Å². The maximum Gasteiger partial charge on any atom is 0.325 e. The first-order valence-corrected chi connectivity index (χ1v) is 8.07. The van der Waals surface area contributed by atoms with Crippen molar-refractivity contribution in [1.29, 1.82) is 0 Å². The number of nitrogens with one attached hydrogen (secondary N) is 3. The smallest absolute Gasteiger partial charge is 0.325 e. The summed E-state index contributed by atoms with van der Waals surface area (Å²) in [6.45, 7) is 5.28. The van der Waals surface area contributed by atoms with Crippen LogP contribution in [0.15, 0.2) is 24.3 Å². The van der Waals surface area contributed by atoms with Gasteiger partial charge in [0.05, 0.1) is 0 Å². The van der Waals surface area contributed by atoms with Crippen molar-refractivity contribution in [3.8, 4) is 0 Å². The molecule has 1 aromatic rings. The van der Waals surface area contributed by atoms with Crippen molar-refractivity contribution in [2.24, 2.45) is 0 Å². The van der Waals surface area contributed by atoms with E-state index in [1.54, 1.807) is 19.1 Å². The van der Waals surface area contributed by atoms with Crippen LogP contribution in [0.1, 0.15) is 31.4 Å². The molecule has 1 aliphatic heterocycles. The second-order valence-electron chi connectivity index (χ2n) is 6.12. The molecule has 8 nitrogen and oxygen atoms in total. The largest absolute Gasteiger partial charge is 0.338 e. The Kier molecular flexibility index (Phi) is 5.41. The van der Waals surface area contributed by atoms with Crippen molar-refractivity contribution in [3.63, 3.8) is 0 Å².